The van der Waals surface area contributed by atoms with Crippen LogP contribution in [-0.2, 0) is 0 Å². The summed E-state index contributed by atoms with van der Waals surface area (Å²) in [5.74, 6) is -0.203. The van der Waals surface area contributed by atoms with Crippen LogP contribution in [0.1, 0.15) is 17.3 Å². The standard InChI is InChI=1S/C7H8ClNO2/c1-2-9-7(10)5-3-4-11-6(5)8/h3-4H,2H2,1H3,(H,9,10). The number of amides is 1. The Morgan fingerprint density at radius 3 is 3.00 bits per heavy atom. The zero-order chi connectivity index (χ0) is 8.27. The van der Waals surface area contributed by atoms with Gasteiger partial charge in [-0.2, -0.15) is 0 Å². The van der Waals surface area contributed by atoms with Crippen molar-refractivity contribution in [3.63, 3.8) is 0 Å². The lowest BCUT2D eigenvalue weighted by atomic mass is 10.3. The Labute approximate surface area is 69.3 Å². The molecule has 11 heavy (non-hydrogen) atoms. The first-order chi connectivity index (χ1) is 5.25. The summed E-state index contributed by atoms with van der Waals surface area (Å²) in [5, 5.41) is 2.74. The molecule has 0 fully saturated rings. The number of carbonyl (C=O) groups is 1. The van der Waals surface area contributed by atoms with E-state index < -0.39 is 0 Å². The van der Waals surface area contributed by atoms with Gasteiger partial charge in [-0.3, -0.25) is 4.79 Å². The van der Waals surface area contributed by atoms with Gasteiger partial charge in [0.2, 0.25) is 5.22 Å². The molecule has 3 nitrogen and oxygen atoms in total. The molecule has 1 N–H and O–H groups in total. The average molecular weight is 174 g/mol. The highest BCUT2D eigenvalue weighted by Gasteiger charge is 2.10. The Morgan fingerprint density at radius 1 is 1.82 bits per heavy atom. The van der Waals surface area contributed by atoms with Gasteiger partial charge in [0.25, 0.3) is 5.91 Å². The topological polar surface area (TPSA) is 42.2 Å². The van der Waals surface area contributed by atoms with E-state index in [9.17, 15) is 4.79 Å². The quantitative estimate of drug-likeness (QED) is 0.740. The molecular formula is C7H8ClNO2. The molecule has 4 heteroatoms. The first-order valence-corrected chi connectivity index (χ1v) is 3.64. The van der Waals surface area contributed by atoms with Crippen LogP contribution in [0.25, 0.3) is 0 Å². The fourth-order valence-corrected chi connectivity index (χ4v) is 0.912. The highest BCUT2D eigenvalue weighted by atomic mass is 35.5. The van der Waals surface area contributed by atoms with Crippen molar-refractivity contribution < 1.29 is 9.21 Å². The summed E-state index contributed by atoms with van der Waals surface area (Å²) in [5.41, 5.74) is 0.383. The van der Waals surface area contributed by atoms with Crippen molar-refractivity contribution in [2.75, 3.05) is 6.54 Å². The normalized spacial score (nSPS) is 9.64. The SMILES string of the molecule is CCNC(=O)c1ccoc1Cl. The molecule has 0 bridgehead atoms. The van der Waals surface area contributed by atoms with Crippen molar-refractivity contribution in [2.45, 2.75) is 6.92 Å². The fourth-order valence-electron chi connectivity index (χ4n) is 0.712. The van der Waals surface area contributed by atoms with E-state index in [4.69, 9.17) is 16.0 Å². The van der Waals surface area contributed by atoms with E-state index in [1.54, 1.807) is 0 Å². The highest BCUT2D eigenvalue weighted by molar-refractivity contribution is 6.32. The minimum atomic E-state index is -0.203. The van der Waals surface area contributed by atoms with E-state index in [-0.39, 0.29) is 11.1 Å². The predicted octanol–water partition coefficient (Wildman–Crippen LogP) is 1.68. The summed E-state index contributed by atoms with van der Waals surface area (Å²) in [6, 6.07) is 1.54. The van der Waals surface area contributed by atoms with Crippen LogP contribution >= 0.6 is 11.6 Å². The molecule has 1 aromatic rings. The van der Waals surface area contributed by atoms with Crippen LogP contribution in [0.5, 0.6) is 0 Å². The Hall–Kier alpha value is -0.960. The van der Waals surface area contributed by atoms with E-state index in [1.165, 1.54) is 12.3 Å². The van der Waals surface area contributed by atoms with Crippen LogP contribution in [0.3, 0.4) is 0 Å². The molecule has 0 aliphatic carbocycles. The van der Waals surface area contributed by atoms with Gasteiger partial charge in [-0.1, -0.05) is 0 Å². The number of halogens is 1. The molecule has 1 aromatic heterocycles. The van der Waals surface area contributed by atoms with E-state index in [0.717, 1.165) is 0 Å². The number of nitrogens with one attached hydrogen (secondary N) is 1. The second-order valence-corrected chi connectivity index (χ2v) is 2.31. The molecule has 0 unspecified atom stereocenters. The maximum absolute atomic E-state index is 11.1. The van der Waals surface area contributed by atoms with Gasteiger partial charge in [0.1, 0.15) is 0 Å². The van der Waals surface area contributed by atoms with Crippen molar-refractivity contribution in [3.8, 4) is 0 Å². The molecule has 1 rings (SSSR count). The smallest absolute Gasteiger partial charge is 0.256 e. The number of hydrogen-bond donors (Lipinski definition) is 1. The van der Waals surface area contributed by atoms with Gasteiger partial charge < -0.3 is 9.73 Å². The summed E-state index contributed by atoms with van der Waals surface area (Å²) in [4.78, 5) is 11.1. The third-order valence-electron chi connectivity index (χ3n) is 1.20. The second kappa shape index (κ2) is 3.44. The Balaban J connectivity index is 2.76. The van der Waals surface area contributed by atoms with Crippen LogP contribution in [0, 0.1) is 0 Å². The van der Waals surface area contributed by atoms with Gasteiger partial charge in [0, 0.05) is 6.54 Å². The van der Waals surface area contributed by atoms with Crippen LogP contribution in [0.15, 0.2) is 16.7 Å². The monoisotopic (exact) mass is 173 g/mol. The molecule has 0 saturated heterocycles. The predicted molar refractivity (Wildman–Crippen MR) is 41.7 cm³/mol. The lowest BCUT2D eigenvalue weighted by molar-refractivity contribution is 0.0955. The fraction of sp³-hybridized carbons (Fsp3) is 0.286. The zero-order valence-electron chi connectivity index (χ0n) is 6.06. The van der Waals surface area contributed by atoms with Crippen molar-refractivity contribution in [3.05, 3.63) is 23.1 Å². The van der Waals surface area contributed by atoms with Crippen LogP contribution < -0.4 is 5.32 Å². The largest absolute Gasteiger partial charge is 0.452 e. The molecular weight excluding hydrogens is 166 g/mol. The third kappa shape index (κ3) is 1.74. The minimum absolute atomic E-state index is 0.135. The third-order valence-corrected chi connectivity index (χ3v) is 1.49. The highest BCUT2D eigenvalue weighted by Crippen LogP contribution is 2.15. The van der Waals surface area contributed by atoms with Gasteiger partial charge in [-0.25, -0.2) is 0 Å². The van der Waals surface area contributed by atoms with Gasteiger partial charge in [0.15, 0.2) is 0 Å². The van der Waals surface area contributed by atoms with E-state index >= 15 is 0 Å². The molecule has 0 aromatic carbocycles. The van der Waals surface area contributed by atoms with Crippen molar-refractivity contribution >= 4 is 17.5 Å². The number of carbonyl (C=O) groups excluding carboxylic acids is 1. The van der Waals surface area contributed by atoms with Gasteiger partial charge in [-0.05, 0) is 24.6 Å². The maximum Gasteiger partial charge on any atom is 0.256 e. The summed E-state index contributed by atoms with van der Waals surface area (Å²) in [6.07, 6.45) is 1.38. The van der Waals surface area contributed by atoms with E-state index in [1.807, 2.05) is 6.92 Å². The molecule has 0 saturated carbocycles. The second-order valence-electron chi connectivity index (χ2n) is 1.97. The van der Waals surface area contributed by atoms with E-state index in [2.05, 4.69) is 5.32 Å². The van der Waals surface area contributed by atoms with Crippen molar-refractivity contribution in [1.82, 2.24) is 5.32 Å². The van der Waals surface area contributed by atoms with Crippen LogP contribution in [-0.4, -0.2) is 12.5 Å². The lowest BCUT2D eigenvalue weighted by Gasteiger charge is -1.97. The molecule has 0 spiro atoms. The zero-order valence-corrected chi connectivity index (χ0v) is 6.81. The first kappa shape index (κ1) is 8.14. The Morgan fingerprint density at radius 2 is 2.55 bits per heavy atom. The summed E-state index contributed by atoms with van der Waals surface area (Å²) >= 11 is 5.54. The molecule has 1 amide bonds. The van der Waals surface area contributed by atoms with Gasteiger partial charge in [-0.15, -0.1) is 0 Å². The molecule has 60 valence electrons. The minimum Gasteiger partial charge on any atom is -0.452 e. The first-order valence-electron chi connectivity index (χ1n) is 3.27. The Bertz CT molecular complexity index is 257. The van der Waals surface area contributed by atoms with Crippen LogP contribution in [0.4, 0.5) is 0 Å². The van der Waals surface area contributed by atoms with Gasteiger partial charge in [0.05, 0.1) is 11.8 Å². The Kier molecular flexibility index (Phi) is 2.54. The summed E-state index contributed by atoms with van der Waals surface area (Å²) in [7, 11) is 0. The van der Waals surface area contributed by atoms with Crippen LogP contribution in [0.2, 0.25) is 5.22 Å². The number of furan rings is 1. The molecule has 0 radical (unpaired) electrons. The molecule has 1 heterocycles. The summed E-state index contributed by atoms with van der Waals surface area (Å²) < 4.78 is 4.74. The van der Waals surface area contributed by atoms with Crippen molar-refractivity contribution in [2.24, 2.45) is 0 Å². The summed E-state index contributed by atoms with van der Waals surface area (Å²) in [6.45, 7) is 2.42. The molecule has 0 aliphatic heterocycles. The van der Waals surface area contributed by atoms with Gasteiger partial charge >= 0.3 is 0 Å². The maximum atomic E-state index is 11.1. The van der Waals surface area contributed by atoms with E-state index in [0.29, 0.717) is 12.1 Å². The number of hydrogen-bond acceptors (Lipinski definition) is 2. The molecule has 0 atom stereocenters. The lowest BCUT2D eigenvalue weighted by Crippen LogP contribution is -2.22. The van der Waals surface area contributed by atoms with Crippen molar-refractivity contribution in [1.29, 1.82) is 0 Å². The average Bonchev–Trinajstić information content (AvgIpc) is 2.36. The molecule has 0 aliphatic rings. The number of rotatable bonds is 2.